The Bertz CT molecular complexity index is 666. The van der Waals surface area contributed by atoms with Gasteiger partial charge >= 0.3 is 0 Å². The Hall–Kier alpha value is -1.83. The minimum absolute atomic E-state index is 0.402. The maximum absolute atomic E-state index is 11.2. The van der Waals surface area contributed by atoms with E-state index in [1.165, 1.54) is 28.1 Å². The highest BCUT2D eigenvalue weighted by Gasteiger charge is 2.27. The minimum atomic E-state index is 0.402. The molecule has 0 amide bonds. The predicted molar refractivity (Wildman–Crippen MR) is 92.2 cm³/mol. The molecular formula is C20H25NO. The van der Waals surface area contributed by atoms with E-state index in [-0.39, 0.29) is 0 Å². The van der Waals surface area contributed by atoms with Crippen LogP contribution >= 0.6 is 0 Å². The number of fused-ring (bicyclic) bond motifs is 1. The lowest BCUT2D eigenvalue weighted by molar-refractivity contribution is -0.105. The van der Waals surface area contributed by atoms with Crippen molar-refractivity contribution in [2.45, 2.75) is 46.0 Å². The van der Waals surface area contributed by atoms with Crippen molar-refractivity contribution >= 4 is 12.0 Å². The van der Waals surface area contributed by atoms with Crippen molar-refractivity contribution < 1.29 is 4.79 Å². The molecular weight excluding hydrogens is 270 g/mol. The SMILES string of the molecule is CC1CC(C=O)=CC2=C1N(C)c1cc(C(C)C)ccc1CC2. The quantitative estimate of drug-likeness (QED) is 0.742. The van der Waals surface area contributed by atoms with Crippen LogP contribution < -0.4 is 4.90 Å². The maximum atomic E-state index is 11.2. The van der Waals surface area contributed by atoms with Crippen LogP contribution in [-0.2, 0) is 11.2 Å². The Balaban J connectivity index is 2.09. The number of nitrogens with zero attached hydrogens (tertiary/aromatic N) is 1. The summed E-state index contributed by atoms with van der Waals surface area (Å²) in [6.45, 7) is 6.72. The summed E-state index contributed by atoms with van der Waals surface area (Å²) in [6, 6.07) is 6.90. The van der Waals surface area contributed by atoms with E-state index in [9.17, 15) is 4.79 Å². The first-order valence-electron chi connectivity index (χ1n) is 8.26. The number of carbonyl (C=O) groups excluding carboxylic acids is 1. The van der Waals surface area contributed by atoms with Crippen molar-refractivity contribution in [1.29, 1.82) is 0 Å². The fraction of sp³-hybridized carbons (Fsp3) is 0.450. The highest BCUT2D eigenvalue weighted by Crippen LogP contribution is 2.40. The molecule has 0 fully saturated rings. The summed E-state index contributed by atoms with van der Waals surface area (Å²) >= 11 is 0. The number of anilines is 1. The summed E-state index contributed by atoms with van der Waals surface area (Å²) < 4.78 is 0. The predicted octanol–water partition coefficient (Wildman–Crippen LogP) is 4.61. The lowest BCUT2D eigenvalue weighted by atomic mass is 9.87. The van der Waals surface area contributed by atoms with Crippen LogP contribution in [0.5, 0.6) is 0 Å². The summed E-state index contributed by atoms with van der Waals surface area (Å²) in [4.78, 5) is 13.5. The number of hydrogen-bond donors (Lipinski definition) is 0. The van der Waals surface area contributed by atoms with Crippen LogP contribution in [-0.4, -0.2) is 13.3 Å². The van der Waals surface area contributed by atoms with Gasteiger partial charge in [-0.25, -0.2) is 0 Å². The summed E-state index contributed by atoms with van der Waals surface area (Å²) in [7, 11) is 2.18. The molecule has 1 aromatic rings. The van der Waals surface area contributed by atoms with Gasteiger partial charge in [0.1, 0.15) is 6.29 Å². The van der Waals surface area contributed by atoms with Crippen LogP contribution in [0.1, 0.15) is 50.7 Å². The number of aldehydes is 1. The molecule has 0 N–H and O–H groups in total. The number of allylic oxidation sites excluding steroid dienone is 4. The number of hydrogen-bond acceptors (Lipinski definition) is 2. The van der Waals surface area contributed by atoms with Gasteiger partial charge in [-0.2, -0.15) is 0 Å². The van der Waals surface area contributed by atoms with E-state index < -0.39 is 0 Å². The largest absolute Gasteiger partial charge is 0.347 e. The molecule has 2 aliphatic rings. The van der Waals surface area contributed by atoms with Gasteiger partial charge < -0.3 is 4.90 Å². The van der Waals surface area contributed by atoms with E-state index in [0.29, 0.717) is 11.8 Å². The van der Waals surface area contributed by atoms with E-state index in [1.54, 1.807) is 0 Å². The van der Waals surface area contributed by atoms with Crippen LogP contribution in [0.2, 0.25) is 0 Å². The molecule has 1 aromatic carbocycles. The monoisotopic (exact) mass is 295 g/mol. The lowest BCUT2D eigenvalue weighted by Gasteiger charge is -2.32. The van der Waals surface area contributed by atoms with Crippen molar-refractivity contribution in [3.8, 4) is 0 Å². The van der Waals surface area contributed by atoms with Crippen LogP contribution in [0.15, 0.2) is 41.1 Å². The molecule has 1 aliphatic carbocycles. The van der Waals surface area contributed by atoms with E-state index in [1.807, 2.05) is 0 Å². The molecule has 2 nitrogen and oxygen atoms in total. The zero-order chi connectivity index (χ0) is 15.9. The standard InChI is InChI=1S/C20H25NO/c1-13(2)17-7-5-16-6-8-18-10-15(12-22)9-14(3)20(18)21(4)19(16)11-17/h5,7,10-14H,6,8-9H2,1-4H3. The molecule has 1 unspecified atom stereocenters. The van der Waals surface area contributed by atoms with E-state index in [2.05, 4.69) is 57.0 Å². The lowest BCUT2D eigenvalue weighted by Crippen LogP contribution is -2.25. The number of rotatable bonds is 2. The van der Waals surface area contributed by atoms with Crippen molar-refractivity contribution in [3.63, 3.8) is 0 Å². The third-order valence-electron chi connectivity index (χ3n) is 5.01. The average Bonchev–Trinajstić information content (AvgIpc) is 2.64. The van der Waals surface area contributed by atoms with Crippen molar-refractivity contribution in [1.82, 2.24) is 0 Å². The van der Waals surface area contributed by atoms with E-state index >= 15 is 0 Å². The van der Waals surface area contributed by atoms with Crippen molar-refractivity contribution in [3.05, 3.63) is 52.2 Å². The molecule has 0 spiro atoms. The average molecular weight is 295 g/mol. The number of benzene rings is 1. The summed E-state index contributed by atoms with van der Waals surface area (Å²) in [5.41, 5.74) is 7.81. The first kappa shape index (κ1) is 15.1. The first-order valence-corrected chi connectivity index (χ1v) is 8.26. The van der Waals surface area contributed by atoms with Crippen molar-refractivity contribution in [2.24, 2.45) is 5.92 Å². The molecule has 0 bridgehead atoms. The van der Waals surface area contributed by atoms with Gasteiger partial charge in [-0.1, -0.05) is 39.0 Å². The van der Waals surface area contributed by atoms with Crippen LogP contribution in [0.4, 0.5) is 5.69 Å². The van der Waals surface area contributed by atoms with Crippen molar-refractivity contribution in [2.75, 3.05) is 11.9 Å². The summed E-state index contributed by atoms with van der Waals surface area (Å²) in [5, 5.41) is 0. The molecule has 0 aromatic heterocycles. The van der Waals surface area contributed by atoms with E-state index in [0.717, 1.165) is 31.1 Å². The molecule has 3 rings (SSSR count). The third-order valence-corrected chi connectivity index (χ3v) is 5.01. The Kier molecular flexibility index (Phi) is 3.94. The normalized spacial score (nSPS) is 21.2. The second-order valence-corrected chi connectivity index (χ2v) is 6.95. The minimum Gasteiger partial charge on any atom is -0.347 e. The van der Waals surface area contributed by atoms with Gasteiger partial charge in [-0.3, -0.25) is 4.79 Å². The van der Waals surface area contributed by atoms with Gasteiger partial charge in [0.25, 0.3) is 0 Å². The molecule has 1 aliphatic heterocycles. The molecule has 0 saturated carbocycles. The molecule has 0 saturated heterocycles. The fourth-order valence-electron chi connectivity index (χ4n) is 3.81. The topological polar surface area (TPSA) is 20.3 Å². The van der Waals surface area contributed by atoms with Crippen LogP contribution in [0, 0.1) is 5.92 Å². The van der Waals surface area contributed by atoms with Crippen LogP contribution in [0.3, 0.4) is 0 Å². The van der Waals surface area contributed by atoms with Gasteiger partial charge in [0.2, 0.25) is 0 Å². The van der Waals surface area contributed by atoms with Gasteiger partial charge in [0, 0.05) is 24.4 Å². The second-order valence-electron chi connectivity index (χ2n) is 6.95. The number of carbonyl (C=O) groups is 1. The molecule has 116 valence electrons. The van der Waals surface area contributed by atoms with Gasteiger partial charge in [-0.05, 0) is 53.5 Å². The maximum Gasteiger partial charge on any atom is 0.146 e. The molecule has 1 atom stereocenters. The first-order chi connectivity index (χ1) is 10.5. The summed E-state index contributed by atoms with van der Waals surface area (Å²) in [6.07, 6.45) is 6.07. The van der Waals surface area contributed by atoms with Crippen LogP contribution in [0.25, 0.3) is 0 Å². The van der Waals surface area contributed by atoms with E-state index in [4.69, 9.17) is 0 Å². The Morgan fingerprint density at radius 1 is 1.27 bits per heavy atom. The molecule has 22 heavy (non-hydrogen) atoms. The Morgan fingerprint density at radius 3 is 2.73 bits per heavy atom. The smallest absolute Gasteiger partial charge is 0.146 e. The second kappa shape index (κ2) is 5.75. The van der Waals surface area contributed by atoms with Gasteiger partial charge in [0.05, 0.1) is 0 Å². The Morgan fingerprint density at radius 2 is 2.05 bits per heavy atom. The highest BCUT2D eigenvalue weighted by atomic mass is 16.1. The number of aryl methyl sites for hydroxylation is 1. The van der Waals surface area contributed by atoms with Gasteiger partial charge in [0.15, 0.2) is 0 Å². The molecule has 1 heterocycles. The van der Waals surface area contributed by atoms with Gasteiger partial charge in [-0.15, -0.1) is 0 Å². The highest BCUT2D eigenvalue weighted by molar-refractivity contribution is 5.76. The summed E-state index contributed by atoms with van der Waals surface area (Å²) in [5.74, 6) is 0.944. The Labute approximate surface area is 133 Å². The zero-order valence-corrected chi connectivity index (χ0v) is 14.0. The molecule has 2 heteroatoms. The molecule has 0 radical (unpaired) electrons. The fourth-order valence-corrected chi connectivity index (χ4v) is 3.81. The third kappa shape index (κ3) is 2.51. The zero-order valence-electron chi connectivity index (χ0n) is 14.0.